The number of amides is 4. The number of carbonyl (C=O) groups is 4. The maximum Gasteiger partial charge on any atom is 0.255 e. The highest BCUT2D eigenvalue weighted by Gasteiger charge is 2.45. The summed E-state index contributed by atoms with van der Waals surface area (Å²) >= 11 is 6.38. The van der Waals surface area contributed by atoms with Gasteiger partial charge in [0.2, 0.25) is 11.8 Å². The largest absolute Gasteiger partial charge is 0.371 e. The molecule has 13 heteroatoms. The van der Waals surface area contributed by atoms with Crippen LogP contribution in [0.15, 0.2) is 60.7 Å². The van der Waals surface area contributed by atoms with Crippen LogP contribution in [0.2, 0.25) is 5.02 Å². The summed E-state index contributed by atoms with van der Waals surface area (Å²) in [5, 5.41) is 12.2. The molecular formula is C43H47ClN8O4. The first-order chi connectivity index (χ1) is 27.1. The third-order valence-corrected chi connectivity index (χ3v) is 13.6. The van der Waals surface area contributed by atoms with Crippen LogP contribution >= 0.6 is 11.6 Å². The van der Waals surface area contributed by atoms with Crippen LogP contribution in [0, 0.1) is 16.7 Å². The molecule has 0 radical (unpaired) electrons. The molecule has 6 aliphatic heterocycles. The molecule has 0 bridgehead atoms. The summed E-state index contributed by atoms with van der Waals surface area (Å²) in [6, 6.07) is 22.3. The number of piperazine rings is 1. The topological polar surface area (TPSA) is 124 Å². The standard InChI is InChI=1S/C43H47ClN8O4/c1-28-22-43(27-52(28)34-9-4-30(23-45)37(44)21-34)12-14-47(15-13-43)32-6-2-29(3-7-32)41(55)49-18-16-48(17-19-49)35-25-50(26-35)33-8-5-31-24-51(42(56)36(31)20-33)38-10-11-39(53)46-40(38)54/h2-9,20-21,28,35,38H,10-19,22,24-27H2,1H3,(H,46,53,54). The Kier molecular flexibility index (Phi) is 9.41. The minimum atomic E-state index is -0.610. The van der Waals surface area contributed by atoms with Crippen molar-refractivity contribution >= 4 is 52.3 Å². The van der Waals surface area contributed by atoms with Crippen molar-refractivity contribution in [3.05, 3.63) is 87.9 Å². The lowest BCUT2D eigenvalue weighted by Gasteiger charge is -2.49. The first kappa shape index (κ1) is 36.5. The lowest BCUT2D eigenvalue weighted by atomic mass is 9.76. The van der Waals surface area contributed by atoms with Gasteiger partial charge in [-0.3, -0.25) is 29.4 Å². The minimum Gasteiger partial charge on any atom is -0.371 e. The van der Waals surface area contributed by atoms with Gasteiger partial charge in [-0.25, -0.2) is 0 Å². The molecule has 12 nitrogen and oxygen atoms in total. The molecule has 0 saturated carbocycles. The molecule has 290 valence electrons. The first-order valence-corrected chi connectivity index (χ1v) is 20.3. The van der Waals surface area contributed by atoms with Gasteiger partial charge in [-0.05, 0) is 98.2 Å². The van der Waals surface area contributed by atoms with Gasteiger partial charge in [-0.15, -0.1) is 0 Å². The molecule has 2 unspecified atom stereocenters. The van der Waals surface area contributed by atoms with E-state index in [0.717, 1.165) is 93.3 Å². The Morgan fingerprint density at radius 2 is 1.57 bits per heavy atom. The predicted octanol–water partition coefficient (Wildman–Crippen LogP) is 4.50. The number of hydrogen-bond acceptors (Lipinski definition) is 9. The molecule has 4 amide bonds. The average molecular weight is 775 g/mol. The molecule has 5 saturated heterocycles. The molecule has 3 aromatic rings. The van der Waals surface area contributed by atoms with E-state index in [1.807, 2.05) is 47.4 Å². The maximum atomic E-state index is 13.6. The Labute approximate surface area is 332 Å². The Balaban J connectivity index is 0.734. The van der Waals surface area contributed by atoms with Crippen LogP contribution in [-0.2, 0) is 16.1 Å². The lowest BCUT2D eigenvalue weighted by Crippen LogP contribution is -2.63. The average Bonchev–Trinajstić information content (AvgIpc) is 3.69. The van der Waals surface area contributed by atoms with Crippen LogP contribution in [0.3, 0.4) is 0 Å². The number of imide groups is 1. The molecule has 1 spiro atoms. The van der Waals surface area contributed by atoms with Crippen LogP contribution in [0.25, 0.3) is 0 Å². The van der Waals surface area contributed by atoms with Crippen molar-refractivity contribution in [3.63, 3.8) is 0 Å². The number of piperidine rings is 2. The summed E-state index contributed by atoms with van der Waals surface area (Å²) in [5.41, 5.74) is 6.31. The molecule has 5 fully saturated rings. The second kappa shape index (κ2) is 14.4. The van der Waals surface area contributed by atoms with Crippen LogP contribution in [0.1, 0.15) is 70.9 Å². The van der Waals surface area contributed by atoms with E-state index in [1.165, 1.54) is 0 Å². The second-order valence-electron chi connectivity index (χ2n) is 16.6. The molecule has 3 aromatic carbocycles. The molecule has 0 aliphatic carbocycles. The number of carbonyl (C=O) groups excluding carboxylic acids is 4. The highest BCUT2D eigenvalue weighted by molar-refractivity contribution is 6.32. The zero-order valence-electron chi connectivity index (χ0n) is 31.8. The van der Waals surface area contributed by atoms with E-state index in [2.05, 4.69) is 56.1 Å². The first-order valence-electron chi connectivity index (χ1n) is 20.0. The number of nitrogens with one attached hydrogen (secondary N) is 1. The fourth-order valence-electron chi connectivity index (χ4n) is 9.96. The lowest BCUT2D eigenvalue weighted by molar-refractivity contribution is -0.136. The number of halogens is 1. The number of rotatable bonds is 6. The van der Waals surface area contributed by atoms with Crippen LogP contribution in [0.4, 0.5) is 17.1 Å². The zero-order valence-corrected chi connectivity index (χ0v) is 32.5. The van der Waals surface area contributed by atoms with Gasteiger partial charge in [0.15, 0.2) is 0 Å². The van der Waals surface area contributed by atoms with Crippen molar-refractivity contribution in [1.29, 1.82) is 5.26 Å². The quantitative estimate of drug-likeness (QED) is 0.361. The van der Waals surface area contributed by atoms with Crippen molar-refractivity contribution < 1.29 is 19.2 Å². The van der Waals surface area contributed by atoms with Crippen LogP contribution in [-0.4, -0.2) is 115 Å². The molecule has 56 heavy (non-hydrogen) atoms. The van der Waals surface area contributed by atoms with E-state index >= 15 is 0 Å². The minimum absolute atomic E-state index is 0.0844. The number of hydrogen-bond donors (Lipinski definition) is 1. The van der Waals surface area contributed by atoms with E-state index in [9.17, 15) is 24.4 Å². The van der Waals surface area contributed by atoms with Crippen LogP contribution in [0.5, 0.6) is 0 Å². The molecule has 1 N–H and O–H groups in total. The number of fused-ring (bicyclic) bond motifs is 1. The highest BCUT2D eigenvalue weighted by atomic mass is 35.5. The fourth-order valence-corrected chi connectivity index (χ4v) is 10.2. The molecule has 0 aromatic heterocycles. The predicted molar refractivity (Wildman–Crippen MR) is 214 cm³/mol. The monoisotopic (exact) mass is 774 g/mol. The number of benzene rings is 3. The van der Waals surface area contributed by atoms with E-state index in [0.29, 0.717) is 54.3 Å². The van der Waals surface area contributed by atoms with Gasteiger partial charge in [-0.1, -0.05) is 17.7 Å². The van der Waals surface area contributed by atoms with Gasteiger partial charge in [-0.2, -0.15) is 5.26 Å². The van der Waals surface area contributed by atoms with Crippen molar-refractivity contribution in [2.75, 3.05) is 73.6 Å². The van der Waals surface area contributed by atoms with Gasteiger partial charge < -0.3 is 24.5 Å². The SMILES string of the molecule is CC1CC2(CCN(c3ccc(C(=O)N4CCN(C5CN(c6ccc7c(c6)C(=O)N(C6CCC(=O)NC6=O)C7)C5)CC4)cc3)CC2)CN1c1ccc(C#N)c(Cl)c1. The second-order valence-corrected chi connectivity index (χ2v) is 17.0. The van der Waals surface area contributed by atoms with Crippen molar-refractivity contribution in [2.45, 2.75) is 63.7 Å². The summed E-state index contributed by atoms with van der Waals surface area (Å²) in [6.45, 7) is 10.4. The van der Waals surface area contributed by atoms with Crippen molar-refractivity contribution in [1.82, 2.24) is 20.0 Å². The van der Waals surface area contributed by atoms with Crippen molar-refractivity contribution in [2.24, 2.45) is 5.41 Å². The Hall–Kier alpha value is -5.12. The van der Waals surface area contributed by atoms with E-state index in [-0.39, 0.29) is 29.6 Å². The normalized spacial score (nSPS) is 24.0. The third-order valence-electron chi connectivity index (χ3n) is 13.3. The smallest absolute Gasteiger partial charge is 0.255 e. The summed E-state index contributed by atoms with van der Waals surface area (Å²) < 4.78 is 0. The number of nitriles is 1. The summed E-state index contributed by atoms with van der Waals surface area (Å²) in [7, 11) is 0. The van der Waals surface area contributed by atoms with Gasteiger partial charge in [0.25, 0.3) is 11.8 Å². The van der Waals surface area contributed by atoms with Crippen molar-refractivity contribution in [3.8, 4) is 6.07 Å². The Morgan fingerprint density at radius 1 is 0.857 bits per heavy atom. The summed E-state index contributed by atoms with van der Waals surface area (Å²) in [5.74, 6) is -0.743. The molecular weight excluding hydrogens is 728 g/mol. The van der Waals surface area contributed by atoms with Gasteiger partial charge in [0.05, 0.1) is 10.6 Å². The van der Waals surface area contributed by atoms with Crippen LogP contribution < -0.4 is 20.0 Å². The number of nitrogens with zero attached hydrogens (tertiary/aromatic N) is 7. The maximum absolute atomic E-state index is 13.6. The fraction of sp³-hybridized carbons (Fsp3) is 0.465. The Morgan fingerprint density at radius 3 is 2.27 bits per heavy atom. The molecule has 9 rings (SSSR count). The molecule has 6 heterocycles. The van der Waals surface area contributed by atoms with E-state index < -0.39 is 11.9 Å². The highest BCUT2D eigenvalue weighted by Crippen LogP contribution is 2.46. The molecule has 2 atom stereocenters. The van der Waals surface area contributed by atoms with Gasteiger partial charge >= 0.3 is 0 Å². The van der Waals surface area contributed by atoms with Gasteiger partial charge in [0, 0.05) is 112 Å². The third kappa shape index (κ3) is 6.64. The Bertz CT molecular complexity index is 2110. The molecule has 6 aliphatic rings. The van der Waals surface area contributed by atoms with E-state index in [4.69, 9.17) is 11.6 Å². The zero-order chi connectivity index (χ0) is 38.7. The van der Waals surface area contributed by atoms with E-state index in [1.54, 1.807) is 4.90 Å². The number of anilines is 3. The van der Waals surface area contributed by atoms with Gasteiger partial charge in [0.1, 0.15) is 12.1 Å². The summed E-state index contributed by atoms with van der Waals surface area (Å²) in [4.78, 5) is 64.1. The summed E-state index contributed by atoms with van der Waals surface area (Å²) in [6.07, 6.45) is 3.97.